The predicted octanol–water partition coefficient (Wildman–Crippen LogP) is 4.46. The fraction of sp³-hybridized carbons (Fsp3) is 0.543. The molecular formula is C35H49N5O5. The number of carbonyl (C=O) groups excluding carboxylic acids is 2. The molecule has 3 fully saturated rings. The molecule has 45 heavy (non-hydrogen) atoms. The van der Waals surface area contributed by atoms with Crippen LogP contribution >= 0.6 is 0 Å². The molecule has 2 unspecified atom stereocenters. The summed E-state index contributed by atoms with van der Waals surface area (Å²) in [6.45, 7) is 8.81. The molecule has 3 saturated heterocycles. The minimum Gasteiger partial charge on any atom is -0.508 e. The van der Waals surface area contributed by atoms with Crippen molar-refractivity contribution in [3.63, 3.8) is 0 Å². The quantitative estimate of drug-likeness (QED) is 0.415. The van der Waals surface area contributed by atoms with Crippen molar-refractivity contribution in [3.05, 3.63) is 70.9 Å². The van der Waals surface area contributed by atoms with Gasteiger partial charge in [-0.15, -0.1) is 0 Å². The Morgan fingerprint density at radius 1 is 1.04 bits per heavy atom. The number of carbonyl (C=O) groups is 2. The van der Waals surface area contributed by atoms with Crippen LogP contribution in [0.15, 0.2) is 54.2 Å². The van der Waals surface area contributed by atoms with E-state index in [4.69, 9.17) is 9.57 Å². The Hall–Kier alpha value is -3.28. The number of anilines is 1. The van der Waals surface area contributed by atoms with Crippen LogP contribution in [0.4, 0.5) is 5.69 Å². The Morgan fingerprint density at radius 3 is 2.49 bits per heavy atom. The van der Waals surface area contributed by atoms with Crippen molar-refractivity contribution in [2.45, 2.75) is 70.1 Å². The molecule has 0 aromatic heterocycles. The number of nitrogens with zero attached hydrogens (tertiary/aromatic N) is 4. The third-order valence-electron chi connectivity index (χ3n) is 9.30. The van der Waals surface area contributed by atoms with Crippen molar-refractivity contribution >= 4 is 17.9 Å². The molecule has 4 aliphatic heterocycles. The highest BCUT2D eigenvalue weighted by Gasteiger charge is 2.28. The van der Waals surface area contributed by atoms with Crippen molar-refractivity contribution < 1.29 is 24.3 Å². The molecule has 6 rings (SSSR count). The van der Waals surface area contributed by atoms with E-state index in [1.165, 1.54) is 48.8 Å². The van der Waals surface area contributed by atoms with E-state index in [-0.39, 0.29) is 23.8 Å². The lowest BCUT2D eigenvalue weighted by Gasteiger charge is -2.26. The summed E-state index contributed by atoms with van der Waals surface area (Å²) < 4.78 is 5.48. The van der Waals surface area contributed by atoms with E-state index in [0.29, 0.717) is 30.0 Å². The zero-order valence-electron chi connectivity index (χ0n) is 27.0. The molecule has 244 valence electrons. The molecule has 10 nitrogen and oxygen atoms in total. The molecule has 4 heterocycles. The molecule has 10 heteroatoms. The van der Waals surface area contributed by atoms with Crippen LogP contribution in [0.5, 0.6) is 5.75 Å². The lowest BCUT2D eigenvalue weighted by Crippen LogP contribution is -2.43. The Kier molecular flexibility index (Phi) is 11.6. The van der Waals surface area contributed by atoms with Crippen LogP contribution in [0, 0.1) is 0 Å². The van der Waals surface area contributed by atoms with Crippen molar-refractivity contribution in [2.24, 2.45) is 0 Å². The van der Waals surface area contributed by atoms with Gasteiger partial charge in [0.2, 0.25) is 0 Å². The summed E-state index contributed by atoms with van der Waals surface area (Å²) >= 11 is 0. The first kappa shape index (κ1) is 33.1. The topological polar surface area (TPSA) is 97.8 Å². The highest BCUT2D eigenvalue weighted by molar-refractivity contribution is 5.81. The largest absolute Gasteiger partial charge is 0.508 e. The minimum absolute atomic E-state index is 0.0151. The number of nitrogens with one attached hydrogen (secondary N) is 1. The summed E-state index contributed by atoms with van der Waals surface area (Å²) in [5.74, 6) is 0.589. The molecule has 2 aromatic carbocycles. The molecule has 0 saturated carbocycles. The fourth-order valence-corrected chi connectivity index (χ4v) is 6.66. The van der Waals surface area contributed by atoms with E-state index >= 15 is 0 Å². The van der Waals surface area contributed by atoms with Crippen LogP contribution in [0.25, 0.3) is 0 Å². The van der Waals surface area contributed by atoms with E-state index in [0.717, 1.165) is 51.9 Å². The van der Waals surface area contributed by atoms with Gasteiger partial charge in [0.15, 0.2) is 0 Å². The molecule has 0 spiro atoms. The molecule has 0 bridgehead atoms. The van der Waals surface area contributed by atoms with Crippen LogP contribution in [0.1, 0.15) is 72.9 Å². The third kappa shape index (κ3) is 8.92. The molecule has 2 atom stereocenters. The average Bonchev–Trinajstić information content (AvgIpc) is 3.66. The maximum atomic E-state index is 12.0. The van der Waals surface area contributed by atoms with Crippen LogP contribution in [-0.2, 0) is 20.9 Å². The lowest BCUT2D eigenvalue weighted by atomic mass is 9.92. The predicted molar refractivity (Wildman–Crippen MR) is 175 cm³/mol. The molecule has 1 amide bonds. The first-order valence-corrected chi connectivity index (χ1v) is 16.3. The smallest absolute Gasteiger partial charge is 0.260 e. The summed E-state index contributed by atoms with van der Waals surface area (Å²) in [5.41, 5.74) is 7.91. The van der Waals surface area contributed by atoms with E-state index in [1.807, 2.05) is 18.9 Å². The first-order valence-electron chi connectivity index (χ1n) is 16.3. The number of amides is 1. The number of hydrogen-bond donors (Lipinski definition) is 2. The minimum atomic E-state index is -0.322. The Bertz CT molecular complexity index is 1310. The fourth-order valence-electron chi connectivity index (χ4n) is 6.66. The number of rotatable bonds is 8. The second kappa shape index (κ2) is 15.8. The summed E-state index contributed by atoms with van der Waals surface area (Å²) in [7, 11) is 4.00. The summed E-state index contributed by atoms with van der Waals surface area (Å²) in [6, 6.07) is 13.4. The van der Waals surface area contributed by atoms with E-state index < -0.39 is 0 Å². The number of likely N-dealkylation sites (tertiary alicyclic amines) is 1. The van der Waals surface area contributed by atoms with Gasteiger partial charge in [-0.1, -0.05) is 12.1 Å². The van der Waals surface area contributed by atoms with Gasteiger partial charge >= 0.3 is 0 Å². The number of benzene rings is 2. The van der Waals surface area contributed by atoms with Gasteiger partial charge in [-0.3, -0.25) is 29.2 Å². The molecular weight excluding hydrogens is 570 g/mol. The van der Waals surface area contributed by atoms with Crippen LogP contribution in [0.3, 0.4) is 0 Å². The number of likely N-dealkylation sites (N-methyl/N-ethyl adjacent to an activating group) is 2. The van der Waals surface area contributed by atoms with Gasteiger partial charge in [0.1, 0.15) is 12.0 Å². The zero-order chi connectivity index (χ0) is 31.8. The monoisotopic (exact) mass is 619 g/mol. The van der Waals surface area contributed by atoms with Crippen molar-refractivity contribution in [3.8, 4) is 5.75 Å². The number of hydrogen-bond acceptors (Lipinski definition) is 9. The number of phenolic OH excluding ortho intramolecular Hbond substituents is 1. The number of aromatic hydroxyl groups is 1. The SMILES string of the molecule is CC1CCC(N(C)Cc2cc(O)ccc2C=O)C(=O)NO1.CN1CC(CN2CCCC2)=CN1c1ccc(C2CCOCC2)cc1. The van der Waals surface area contributed by atoms with Gasteiger partial charge in [-0.25, -0.2) is 10.5 Å². The number of aldehydes is 1. The van der Waals surface area contributed by atoms with Crippen molar-refractivity contribution in [1.82, 2.24) is 20.3 Å². The summed E-state index contributed by atoms with van der Waals surface area (Å²) in [4.78, 5) is 32.7. The van der Waals surface area contributed by atoms with Crippen molar-refractivity contribution in [2.75, 3.05) is 58.5 Å². The second-order valence-electron chi connectivity index (χ2n) is 12.8. The van der Waals surface area contributed by atoms with Gasteiger partial charge < -0.3 is 9.84 Å². The van der Waals surface area contributed by atoms with Crippen LogP contribution < -0.4 is 10.5 Å². The molecule has 0 radical (unpaired) electrons. The maximum absolute atomic E-state index is 12.0. The molecule has 4 aliphatic rings. The normalized spacial score (nSPS) is 23.3. The van der Waals surface area contributed by atoms with Crippen molar-refractivity contribution in [1.29, 1.82) is 0 Å². The average molecular weight is 620 g/mol. The second-order valence-corrected chi connectivity index (χ2v) is 12.8. The molecule has 2 N–H and O–H groups in total. The summed E-state index contributed by atoms with van der Waals surface area (Å²) in [5, 5.41) is 14.2. The third-order valence-corrected chi connectivity index (χ3v) is 9.30. The standard InChI is InChI=1S/C20H29N3O.C15H20N2O4/c1-21-14-17(15-22-10-2-3-11-22)16-23(21)20-6-4-18(5-7-20)19-8-12-24-13-9-19;1-10-3-6-14(15(20)16-21-10)17(2)8-12-7-13(19)5-4-11(12)9-18/h4-7,16,19H,2-3,8-15H2,1H3;4-5,7,9-10,14,19H,3,6,8H2,1-2H3,(H,16,20). The van der Waals surface area contributed by atoms with E-state index in [2.05, 4.69) is 57.9 Å². The lowest BCUT2D eigenvalue weighted by molar-refractivity contribution is -0.139. The molecule has 0 aliphatic carbocycles. The number of hydroxylamine groups is 1. The highest BCUT2D eigenvalue weighted by atomic mass is 16.7. The van der Waals surface area contributed by atoms with E-state index in [9.17, 15) is 14.7 Å². The highest BCUT2D eigenvalue weighted by Crippen LogP contribution is 2.30. The maximum Gasteiger partial charge on any atom is 0.260 e. The van der Waals surface area contributed by atoms with Gasteiger partial charge in [0, 0.05) is 51.7 Å². The van der Waals surface area contributed by atoms with Crippen LogP contribution in [-0.4, -0.2) is 97.7 Å². The first-order chi connectivity index (χ1) is 21.8. The Labute approximate surface area is 267 Å². The number of hydrazine groups is 1. The Morgan fingerprint density at radius 2 is 1.78 bits per heavy atom. The van der Waals surface area contributed by atoms with Gasteiger partial charge in [-0.2, -0.15) is 0 Å². The van der Waals surface area contributed by atoms with Gasteiger partial charge in [0.05, 0.1) is 17.8 Å². The number of ether oxygens (including phenoxy) is 1. The molecule has 2 aromatic rings. The summed E-state index contributed by atoms with van der Waals surface area (Å²) in [6.07, 6.45) is 9.56. The van der Waals surface area contributed by atoms with Gasteiger partial charge in [0.25, 0.3) is 5.91 Å². The van der Waals surface area contributed by atoms with Crippen LogP contribution in [0.2, 0.25) is 0 Å². The van der Waals surface area contributed by atoms with E-state index in [1.54, 1.807) is 12.1 Å². The zero-order valence-corrected chi connectivity index (χ0v) is 27.0. The Balaban J connectivity index is 0.000000180. The van der Waals surface area contributed by atoms with Gasteiger partial charge in [-0.05, 0) is 119 Å². The number of phenols is 1.